The minimum atomic E-state index is -0.266. The second-order valence-corrected chi connectivity index (χ2v) is 6.11. The molecule has 22 heavy (non-hydrogen) atoms. The lowest BCUT2D eigenvalue weighted by molar-refractivity contribution is 0.0468. The van der Waals surface area contributed by atoms with Crippen LogP contribution in [0.15, 0.2) is 18.2 Å². The molecule has 0 spiro atoms. The van der Waals surface area contributed by atoms with Gasteiger partial charge in [0.25, 0.3) is 0 Å². The van der Waals surface area contributed by atoms with E-state index in [0.29, 0.717) is 6.04 Å². The molecular formula is C17H28N2O3. The van der Waals surface area contributed by atoms with Crippen molar-refractivity contribution in [2.45, 2.75) is 32.5 Å². The van der Waals surface area contributed by atoms with E-state index in [-0.39, 0.29) is 6.10 Å². The first-order valence-electron chi connectivity index (χ1n) is 7.89. The largest absolute Gasteiger partial charge is 0.497 e. The molecule has 124 valence electrons. The summed E-state index contributed by atoms with van der Waals surface area (Å²) >= 11 is 0. The second kappa shape index (κ2) is 7.81. The maximum Gasteiger partial charge on any atom is 0.123 e. The van der Waals surface area contributed by atoms with Gasteiger partial charge in [0.05, 0.1) is 20.3 Å². The molecule has 0 aromatic heterocycles. The summed E-state index contributed by atoms with van der Waals surface area (Å²) < 4.78 is 10.8. The second-order valence-electron chi connectivity index (χ2n) is 6.11. The molecule has 0 amide bonds. The van der Waals surface area contributed by atoms with Crippen molar-refractivity contribution in [3.63, 3.8) is 0 Å². The molecule has 5 nitrogen and oxygen atoms in total. The number of aliphatic hydroxyl groups is 1. The van der Waals surface area contributed by atoms with E-state index in [1.807, 2.05) is 25.1 Å². The number of β-amino-alcohol motifs (C(OH)–C–C–N with tert-alkyl or cyclic N) is 1. The predicted octanol–water partition coefficient (Wildman–Crippen LogP) is 1.59. The van der Waals surface area contributed by atoms with Crippen LogP contribution in [0.3, 0.4) is 0 Å². The molecule has 2 rings (SSSR count). The monoisotopic (exact) mass is 308 g/mol. The van der Waals surface area contributed by atoms with Crippen LogP contribution in [0.5, 0.6) is 11.5 Å². The van der Waals surface area contributed by atoms with Crippen molar-refractivity contribution in [2.75, 3.05) is 40.4 Å². The average Bonchev–Trinajstić information content (AvgIpc) is 2.49. The molecule has 0 radical (unpaired) electrons. The number of methoxy groups -OCH3 is 2. The van der Waals surface area contributed by atoms with Crippen LogP contribution < -0.4 is 9.47 Å². The van der Waals surface area contributed by atoms with Crippen LogP contribution in [0.4, 0.5) is 0 Å². The first-order valence-corrected chi connectivity index (χ1v) is 7.89. The fraction of sp³-hybridized carbons (Fsp3) is 0.647. The standard InChI is InChI=1S/C17H28N2O3/c1-13-10-18(11-14(2)20)7-8-19(13)12-15-9-16(21-3)5-6-17(15)22-4/h5-6,9,13-14,20H,7-8,10-12H2,1-4H3. The quantitative estimate of drug-likeness (QED) is 0.865. The highest BCUT2D eigenvalue weighted by molar-refractivity contribution is 5.40. The van der Waals surface area contributed by atoms with Crippen LogP contribution in [0.1, 0.15) is 19.4 Å². The van der Waals surface area contributed by atoms with Crippen molar-refractivity contribution >= 4 is 0 Å². The number of hydrogen-bond acceptors (Lipinski definition) is 5. The third-order valence-electron chi connectivity index (χ3n) is 4.23. The van der Waals surface area contributed by atoms with Crippen molar-refractivity contribution in [1.29, 1.82) is 0 Å². The zero-order valence-corrected chi connectivity index (χ0v) is 14.1. The number of piperazine rings is 1. The molecule has 2 unspecified atom stereocenters. The van der Waals surface area contributed by atoms with Gasteiger partial charge in [-0.15, -0.1) is 0 Å². The summed E-state index contributed by atoms with van der Waals surface area (Å²) in [4.78, 5) is 4.78. The Morgan fingerprint density at radius 2 is 2.05 bits per heavy atom. The predicted molar refractivity (Wildman–Crippen MR) is 87.5 cm³/mol. The molecule has 1 saturated heterocycles. The van der Waals surface area contributed by atoms with Crippen molar-refractivity contribution in [2.24, 2.45) is 0 Å². The SMILES string of the molecule is COc1ccc(OC)c(CN2CCN(CC(C)O)CC2C)c1. The molecule has 1 aliphatic rings. The third kappa shape index (κ3) is 4.35. The Bertz CT molecular complexity index is 479. The average molecular weight is 308 g/mol. The zero-order valence-electron chi connectivity index (χ0n) is 14.1. The van der Waals surface area contributed by atoms with E-state index >= 15 is 0 Å². The van der Waals surface area contributed by atoms with Crippen LogP contribution in [-0.4, -0.2) is 67.5 Å². The molecule has 5 heteroatoms. The lowest BCUT2D eigenvalue weighted by Crippen LogP contribution is -2.52. The normalized spacial score (nSPS) is 21.6. The topological polar surface area (TPSA) is 45.2 Å². The van der Waals surface area contributed by atoms with Gasteiger partial charge in [-0.3, -0.25) is 9.80 Å². The van der Waals surface area contributed by atoms with Crippen molar-refractivity contribution in [1.82, 2.24) is 9.80 Å². The van der Waals surface area contributed by atoms with Gasteiger partial charge in [0.2, 0.25) is 0 Å². The van der Waals surface area contributed by atoms with Gasteiger partial charge >= 0.3 is 0 Å². The van der Waals surface area contributed by atoms with E-state index in [2.05, 4.69) is 16.7 Å². The van der Waals surface area contributed by atoms with E-state index in [1.54, 1.807) is 14.2 Å². The molecule has 0 aliphatic carbocycles. The van der Waals surface area contributed by atoms with Crippen LogP contribution in [0.2, 0.25) is 0 Å². The van der Waals surface area contributed by atoms with Crippen LogP contribution in [0.25, 0.3) is 0 Å². The molecule has 1 aliphatic heterocycles. The Kier molecular flexibility index (Phi) is 6.06. The summed E-state index contributed by atoms with van der Waals surface area (Å²) in [5.41, 5.74) is 1.15. The van der Waals surface area contributed by atoms with Gasteiger partial charge in [-0.25, -0.2) is 0 Å². The maximum absolute atomic E-state index is 9.53. The fourth-order valence-electron chi connectivity index (χ4n) is 3.07. The van der Waals surface area contributed by atoms with Gasteiger partial charge < -0.3 is 14.6 Å². The Hall–Kier alpha value is -1.30. The Labute approximate surface area is 133 Å². The zero-order chi connectivity index (χ0) is 16.1. The van der Waals surface area contributed by atoms with Gasteiger partial charge in [0.15, 0.2) is 0 Å². The summed E-state index contributed by atoms with van der Waals surface area (Å²) in [7, 11) is 3.39. The first-order chi connectivity index (χ1) is 10.5. The summed E-state index contributed by atoms with van der Waals surface area (Å²) in [5, 5.41) is 9.53. The number of aliphatic hydroxyl groups excluding tert-OH is 1. The van der Waals surface area contributed by atoms with Gasteiger partial charge in [0.1, 0.15) is 11.5 Å². The summed E-state index contributed by atoms with van der Waals surface area (Å²) in [6, 6.07) is 6.38. The highest BCUT2D eigenvalue weighted by atomic mass is 16.5. The molecule has 0 bridgehead atoms. The van der Waals surface area contributed by atoms with Gasteiger partial charge in [-0.05, 0) is 32.0 Å². The molecule has 1 heterocycles. The smallest absolute Gasteiger partial charge is 0.123 e. The number of rotatable bonds is 6. The highest BCUT2D eigenvalue weighted by Gasteiger charge is 2.25. The number of benzene rings is 1. The minimum Gasteiger partial charge on any atom is -0.497 e. The van der Waals surface area contributed by atoms with E-state index in [1.165, 1.54) is 0 Å². The van der Waals surface area contributed by atoms with Gasteiger partial charge in [-0.2, -0.15) is 0 Å². The Morgan fingerprint density at radius 3 is 2.64 bits per heavy atom. The third-order valence-corrected chi connectivity index (χ3v) is 4.23. The minimum absolute atomic E-state index is 0.266. The van der Waals surface area contributed by atoms with Crippen LogP contribution in [0, 0.1) is 0 Å². The molecular weight excluding hydrogens is 280 g/mol. The van der Waals surface area contributed by atoms with E-state index in [4.69, 9.17) is 9.47 Å². The van der Waals surface area contributed by atoms with Crippen LogP contribution in [-0.2, 0) is 6.54 Å². The van der Waals surface area contributed by atoms with Crippen LogP contribution >= 0.6 is 0 Å². The highest BCUT2D eigenvalue weighted by Crippen LogP contribution is 2.26. The number of hydrogen-bond donors (Lipinski definition) is 1. The van der Waals surface area contributed by atoms with Crippen molar-refractivity contribution in [3.05, 3.63) is 23.8 Å². The fourth-order valence-corrected chi connectivity index (χ4v) is 3.07. The number of nitrogens with zero attached hydrogens (tertiary/aromatic N) is 2. The Morgan fingerprint density at radius 1 is 1.27 bits per heavy atom. The van der Waals surface area contributed by atoms with Gasteiger partial charge in [-0.1, -0.05) is 0 Å². The Balaban J connectivity index is 2.02. The molecule has 1 aromatic carbocycles. The number of ether oxygens (including phenoxy) is 2. The van der Waals surface area contributed by atoms with E-state index in [0.717, 1.165) is 49.8 Å². The lowest BCUT2D eigenvalue weighted by Gasteiger charge is -2.40. The van der Waals surface area contributed by atoms with Crippen molar-refractivity contribution in [3.8, 4) is 11.5 Å². The molecule has 0 saturated carbocycles. The van der Waals surface area contributed by atoms with E-state index in [9.17, 15) is 5.11 Å². The summed E-state index contributed by atoms with van der Waals surface area (Å²) in [6.07, 6.45) is -0.266. The molecule has 2 atom stereocenters. The molecule has 1 N–H and O–H groups in total. The maximum atomic E-state index is 9.53. The molecule has 1 aromatic rings. The summed E-state index contributed by atoms with van der Waals surface area (Å²) in [6.45, 7) is 8.65. The summed E-state index contributed by atoms with van der Waals surface area (Å²) in [5.74, 6) is 1.76. The van der Waals surface area contributed by atoms with Gasteiger partial charge in [0, 0.05) is 44.3 Å². The first kappa shape index (κ1) is 17.1. The van der Waals surface area contributed by atoms with E-state index < -0.39 is 0 Å². The van der Waals surface area contributed by atoms with Crippen molar-refractivity contribution < 1.29 is 14.6 Å². The lowest BCUT2D eigenvalue weighted by atomic mass is 10.1. The molecule has 1 fully saturated rings.